The van der Waals surface area contributed by atoms with Gasteiger partial charge in [0.05, 0.1) is 5.56 Å². The van der Waals surface area contributed by atoms with Crippen LogP contribution in [0.25, 0.3) is 0 Å². The van der Waals surface area contributed by atoms with Crippen molar-refractivity contribution in [1.29, 1.82) is 0 Å². The number of carbonyl (C=O) groups is 2. The lowest BCUT2D eigenvalue weighted by Crippen LogP contribution is -2.36. The Morgan fingerprint density at radius 3 is 2.46 bits per heavy atom. The van der Waals surface area contributed by atoms with Crippen molar-refractivity contribution in [2.75, 3.05) is 18.4 Å². The molecule has 0 spiro atoms. The third-order valence-electron chi connectivity index (χ3n) is 4.71. The SMILES string of the molecule is Cc1ccccc1C(=O)Nc1cc(C(=O)N2CCCCC2)cn(C)c1=O. The summed E-state index contributed by atoms with van der Waals surface area (Å²) in [7, 11) is 1.58. The molecule has 1 aliphatic rings. The van der Waals surface area contributed by atoms with Gasteiger partial charge in [0.2, 0.25) is 0 Å². The Balaban J connectivity index is 1.89. The van der Waals surface area contributed by atoms with E-state index in [4.69, 9.17) is 0 Å². The Bertz CT molecular complexity index is 895. The third kappa shape index (κ3) is 3.69. The van der Waals surface area contributed by atoms with Gasteiger partial charge >= 0.3 is 0 Å². The first-order valence-corrected chi connectivity index (χ1v) is 8.84. The number of amides is 2. The fourth-order valence-corrected chi connectivity index (χ4v) is 3.22. The highest BCUT2D eigenvalue weighted by Gasteiger charge is 2.20. The Morgan fingerprint density at radius 2 is 1.77 bits per heavy atom. The zero-order valence-corrected chi connectivity index (χ0v) is 15.1. The van der Waals surface area contributed by atoms with E-state index in [1.807, 2.05) is 19.1 Å². The van der Waals surface area contributed by atoms with Crippen LogP contribution < -0.4 is 10.9 Å². The first kappa shape index (κ1) is 17.9. The van der Waals surface area contributed by atoms with Crippen molar-refractivity contribution < 1.29 is 9.59 Å². The number of hydrogen-bond acceptors (Lipinski definition) is 3. The van der Waals surface area contributed by atoms with Gasteiger partial charge in [-0.15, -0.1) is 0 Å². The molecule has 0 saturated carbocycles. The molecule has 1 fully saturated rings. The second-order valence-electron chi connectivity index (χ2n) is 6.68. The molecule has 0 bridgehead atoms. The number of hydrogen-bond donors (Lipinski definition) is 1. The number of benzene rings is 1. The van der Waals surface area contributed by atoms with Crippen molar-refractivity contribution in [3.8, 4) is 0 Å². The molecule has 3 rings (SSSR count). The summed E-state index contributed by atoms with van der Waals surface area (Å²) in [4.78, 5) is 39.4. The minimum absolute atomic E-state index is 0.105. The van der Waals surface area contributed by atoms with Crippen molar-refractivity contribution in [3.63, 3.8) is 0 Å². The number of pyridine rings is 1. The Morgan fingerprint density at radius 1 is 1.08 bits per heavy atom. The molecule has 1 aliphatic heterocycles. The predicted molar refractivity (Wildman–Crippen MR) is 101 cm³/mol. The number of aryl methyl sites for hydroxylation is 2. The van der Waals surface area contributed by atoms with Gasteiger partial charge in [-0.3, -0.25) is 14.4 Å². The molecule has 6 heteroatoms. The second kappa shape index (κ2) is 7.56. The molecule has 1 aromatic carbocycles. The van der Waals surface area contributed by atoms with Gasteiger partial charge in [0.25, 0.3) is 17.4 Å². The van der Waals surface area contributed by atoms with Gasteiger partial charge in [-0.1, -0.05) is 18.2 Å². The monoisotopic (exact) mass is 353 g/mol. The largest absolute Gasteiger partial charge is 0.339 e. The van der Waals surface area contributed by atoms with Crippen LogP contribution in [-0.2, 0) is 7.05 Å². The average Bonchev–Trinajstić information content (AvgIpc) is 2.65. The van der Waals surface area contributed by atoms with Crippen LogP contribution >= 0.6 is 0 Å². The molecular weight excluding hydrogens is 330 g/mol. The van der Waals surface area contributed by atoms with E-state index in [0.29, 0.717) is 11.1 Å². The molecule has 136 valence electrons. The summed E-state index contributed by atoms with van der Waals surface area (Å²) in [6, 6.07) is 8.65. The first-order valence-electron chi connectivity index (χ1n) is 8.84. The van der Waals surface area contributed by atoms with E-state index in [1.54, 1.807) is 24.1 Å². The van der Waals surface area contributed by atoms with E-state index in [-0.39, 0.29) is 23.1 Å². The van der Waals surface area contributed by atoms with Gasteiger partial charge in [-0.05, 0) is 43.9 Å². The molecule has 26 heavy (non-hydrogen) atoms. The maximum absolute atomic E-state index is 12.7. The average molecular weight is 353 g/mol. The van der Waals surface area contributed by atoms with Crippen LogP contribution in [0.15, 0.2) is 41.3 Å². The topological polar surface area (TPSA) is 71.4 Å². The number of aromatic nitrogens is 1. The molecule has 0 aliphatic carbocycles. The number of nitrogens with zero attached hydrogens (tertiary/aromatic N) is 2. The normalized spacial score (nSPS) is 14.2. The lowest BCUT2D eigenvalue weighted by Gasteiger charge is -2.27. The van der Waals surface area contributed by atoms with Crippen molar-refractivity contribution in [2.24, 2.45) is 7.05 Å². The van der Waals surface area contributed by atoms with Crippen LogP contribution in [0, 0.1) is 6.92 Å². The predicted octanol–water partition coefficient (Wildman–Crippen LogP) is 2.57. The van der Waals surface area contributed by atoms with Crippen LogP contribution in [0.1, 0.15) is 45.5 Å². The summed E-state index contributed by atoms with van der Waals surface area (Å²) in [6.45, 7) is 3.29. The van der Waals surface area contributed by atoms with E-state index in [1.165, 1.54) is 16.8 Å². The van der Waals surface area contributed by atoms with Crippen molar-refractivity contribution in [1.82, 2.24) is 9.47 Å². The fraction of sp³-hybridized carbons (Fsp3) is 0.350. The summed E-state index contributed by atoms with van der Waals surface area (Å²) >= 11 is 0. The van der Waals surface area contributed by atoms with Crippen molar-refractivity contribution in [3.05, 3.63) is 63.6 Å². The Hall–Kier alpha value is -2.89. The van der Waals surface area contributed by atoms with Crippen LogP contribution in [0.3, 0.4) is 0 Å². The van der Waals surface area contributed by atoms with Gasteiger partial charge < -0.3 is 14.8 Å². The Kier molecular flexibility index (Phi) is 5.21. The van der Waals surface area contributed by atoms with Gasteiger partial charge in [-0.25, -0.2) is 0 Å². The Labute approximate surface area is 152 Å². The molecule has 1 N–H and O–H groups in total. The molecule has 0 unspecified atom stereocenters. The van der Waals surface area contributed by atoms with Crippen molar-refractivity contribution in [2.45, 2.75) is 26.2 Å². The molecule has 2 aromatic rings. The van der Waals surface area contributed by atoms with E-state index >= 15 is 0 Å². The molecular formula is C20H23N3O3. The lowest BCUT2D eigenvalue weighted by molar-refractivity contribution is 0.0723. The lowest BCUT2D eigenvalue weighted by atomic mass is 10.1. The summed E-state index contributed by atoms with van der Waals surface area (Å²) in [6.07, 6.45) is 4.65. The standard InChI is InChI=1S/C20H23N3O3/c1-14-8-4-5-9-16(14)18(24)21-17-12-15(13-22(2)20(17)26)19(25)23-10-6-3-7-11-23/h4-5,8-9,12-13H,3,6-7,10-11H2,1-2H3,(H,21,24). The van der Waals surface area contributed by atoms with Crippen LogP contribution in [0.4, 0.5) is 5.69 Å². The minimum atomic E-state index is -0.359. The molecule has 0 radical (unpaired) electrons. The van der Waals surface area contributed by atoms with Crippen LogP contribution in [0.2, 0.25) is 0 Å². The van der Waals surface area contributed by atoms with E-state index in [9.17, 15) is 14.4 Å². The summed E-state index contributed by atoms with van der Waals surface area (Å²) in [5, 5.41) is 2.66. The zero-order chi connectivity index (χ0) is 18.7. The number of rotatable bonds is 3. The summed E-state index contributed by atoms with van der Waals surface area (Å²) in [5.41, 5.74) is 1.50. The fourth-order valence-electron chi connectivity index (χ4n) is 3.22. The van der Waals surface area contributed by atoms with E-state index < -0.39 is 0 Å². The van der Waals surface area contributed by atoms with Gasteiger partial charge in [0.15, 0.2) is 0 Å². The maximum Gasteiger partial charge on any atom is 0.274 e. The summed E-state index contributed by atoms with van der Waals surface area (Å²) < 4.78 is 1.34. The molecule has 2 heterocycles. The zero-order valence-electron chi connectivity index (χ0n) is 15.1. The van der Waals surface area contributed by atoms with Crippen molar-refractivity contribution >= 4 is 17.5 Å². The second-order valence-corrected chi connectivity index (χ2v) is 6.68. The highest BCUT2D eigenvalue weighted by Crippen LogP contribution is 2.15. The number of piperidine rings is 1. The van der Waals surface area contributed by atoms with Gasteiger partial charge in [-0.2, -0.15) is 0 Å². The van der Waals surface area contributed by atoms with E-state index in [0.717, 1.165) is 37.9 Å². The number of likely N-dealkylation sites (tertiary alicyclic amines) is 1. The quantitative estimate of drug-likeness (QED) is 0.922. The number of carbonyl (C=O) groups excluding carboxylic acids is 2. The molecule has 6 nitrogen and oxygen atoms in total. The number of nitrogens with one attached hydrogen (secondary N) is 1. The maximum atomic E-state index is 12.7. The summed E-state index contributed by atoms with van der Waals surface area (Å²) in [5.74, 6) is -0.463. The minimum Gasteiger partial charge on any atom is -0.339 e. The molecule has 0 atom stereocenters. The number of anilines is 1. The highest BCUT2D eigenvalue weighted by molar-refractivity contribution is 6.05. The molecule has 2 amide bonds. The third-order valence-corrected chi connectivity index (χ3v) is 4.71. The smallest absolute Gasteiger partial charge is 0.274 e. The first-order chi connectivity index (χ1) is 12.5. The molecule has 1 aromatic heterocycles. The van der Waals surface area contributed by atoms with Crippen LogP contribution in [0.5, 0.6) is 0 Å². The van der Waals surface area contributed by atoms with Gasteiger partial charge in [0.1, 0.15) is 5.69 Å². The highest BCUT2D eigenvalue weighted by atomic mass is 16.2. The van der Waals surface area contributed by atoms with E-state index in [2.05, 4.69) is 5.32 Å². The molecule has 1 saturated heterocycles. The van der Waals surface area contributed by atoms with Crippen LogP contribution in [-0.4, -0.2) is 34.4 Å². The van der Waals surface area contributed by atoms with Gasteiger partial charge in [0, 0.05) is 31.9 Å².